The van der Waals surface area contributed by atoms with Crippen molar-refractivity contribution in [3.8, 4) is 0 Å². The van der Waals surface area contributed by atoms with Gasteiger partial charge in [-0.2, -0.15) is 0 Å². The molecule has 15 heteroatoms. The number of Topliss-reactive ketones (excluding diaryl/α,β-unsaturated/α-hetero) is 1. The van der Waals surface area contributed by atoms with Crippen molar-refractivity contribution in [2.24, 2.45) is 23.7 Å². The lowest BCUT2D eigenvalue weighted by atomic mass is 9.74. The van der Waals surface area contributed by atoms with Crippen molar-refractivity contribution in [2.75, 3.05) is 21.2 Å². The van der Waals surface area contributed by atoms with Gasteiger partial charge in [-0.25, -0.2) is 0 Å². The van der Waals surface area contributed by atoms with Gasteiger partial charge >= 0.3 is 11.9 Å². The number of ether oxygens (including phenoxy) is 7. The highest BCUT2D eigenvalue weighted by molar-refractivity contribution is 5.83. The Bertz CT molecular complexity index is 1280. The van der Waals surface area contributed by atoms with E-state index >= 15 is 0 Å². The van der Waals surface area contributed by atoms with Crippen LogP contribution in [0.25, 0.3) is 0 Å². The van der Waals surface area contributed by atoms with Gasteiger partial charge in [0.2, 0.25) is 0 Å². The summed E-state index contributed by atoms with van der Waals surface area (Å²) in [6.45, 7) is 17.6. The van der Waals surface area contributed by atoms with Crippen molar-refractivity contribution in [3.63, 3.8) is 0 Å². The lowest BCUT2D eigenvalue weighted by Gasteiger charge is -2.49. The quantitative estimate of drug-likeness (QED) is 0.262. The zero-order valence-corrected chi connectivity index (χ0v) is 34.8. The number of carbonyl (C=O) groups is 3. The first-order chi connectivity index (χ1) is 24.8. The van der Waals surface area contributed by atoms with Gasteiger partial charge in [-0.1, -0.05) is 27.7 Å². The monoisotopic (exact) mass is 775 g/mol. The second-order valence-electron chi connectivity index (χ2n) is 17.1. The Morgan fingerprint density at radius 3 is 2.06 bits per heavy atom. The number of rotatable bonds is 8. The third-order valence-corrected chi connectivity index (χ3v) is 12.1. The molecule has 0 aromatic carbocycles. The van der Waals surface area contributed by atoms with E-state index in [-0.39, 0.29) is 31.4 Å². The number of esters is 2. The van der Waals surface area contributed by atoms with Gasteiger partial charge in [-0.3, -0.25) is 14.4 Å². The summed E-state index contributed by atoms with van der Waals surface area (Å²) in [5.41, 5.74) is -4.92. The molecule has 3 rings (SSSR count). The molecule has 0 radical (unpaired) electrons. The predicted molar refractivity (Wildman–Crippen MR) is 196 cm³/mol. The van der Waals surface area contributed by atoms with E-state index < -0.39 is 114 Å². The maximum Gasteiger partial charge on any atom is 0.311 e. The van der Waals surface area contributed by atoms with Gasteiger partial charge in [0.1, 0.15) is 23.6 Å². The Morgan fingerprint density at radius 2 is 1.52 bits per heavy atom. The summed E-state index contributed by atoms with van der Waals surface area (Å²) in [6.07, 6.45) is -9.80. The number of ketones is 1. The third kappa shape index (κ3) is 10.2. The Labute approximate surface area is 321 Å². The third-order valence-electron chi connectivity index (χ3n) is 12.1. The lowest BCUT2D eigenvalue weighted by Crippen LogP contribution is -2.61. The minimum Gasteiger partial charge on any atom is -0.459 e. The van der Waals surface area contributed by atoms with Crippen LogP contribution in [0.5, 0.6) is 0 Å². The van der Waals surface area contributed by atoms with Gasteiger partial charge in [-0.05, 0) is 74.9 Å². The van der Waals surface area contributed by atoms with Crippen LogP contribution in [-0.4, -0.2) is 149 Å². The largest absolute Gasteiger partial charge is 0.459 e. The highest BCUT2D eigenvalue weighted by atomic mass is 16.7. The lowest BCUT2D eigenvalue weighted by molar-refractivity contribution is -0.318. The Kier molecular flexibility index (Phi) is 15.7. The summed E-state index contributed by atoms with van der Waals surface area (Å²) >= 11 is 0. The molecule has 0 aromatic rings. The molecule has 3 aliphatic heterocycles. The molecule has 3 saturated heterocycles. The van der Waals surface area contributed by atoms with Gasteiger partial charge in [0.05, 0.1) is 53.7 Å². The van der Waals surface area contributed by atoms with E-state index in [0.717, 1.165) is 0 Å². The second-order valence-corrected chi connectivity index (χ2v) is 17.1. The van der Waals surface area contributed by atoms with Crippen LogP contribution in [-0.2, 0) is 47.5 Å². The molecule has 0 bridgehead atoms. The van der Waals surface area contributed by atoms with Crippen molar-refractivity contribution in [1.82, 2.24) is 4.90 Å². The van der Waals surface area contributed by atoms with Crippen molar-refractivity contribution in [3.05, 3.63) is 0 Å². The maximum absolute atomic E-state index is 14.2. The molecular formula is C39H69NO14. The van der Waals surface area contributed by atoms with E-state index in [1.54, 1.807) is 41.5 Å². The SMILES string of the molecule is CC[C@H]1OC(=O)[C@H](C)[C@@H](O[C@H]2C[C@@](C)(OC)[C@@H](O)[C@H](C)O2)[C@H](C)[C@@H](OC2O[C@H](C)C[C@H](N(C)C)[C@H]2OC(C)=O)[C@](C)(O)C[C@@H](C)C(=O)[C@H](C)[C@@H](O)[C@]1(C)O. The van der Waals surface area contributed by atoms with Gasteiger partial charge in [0, 0.05) is 38.2 Å². The van der Waals surface area contributed by atoms with Crippen LogP contribution in [0.2, 0.25) is 0 Å². The molecule has 1 unspecified atom stereocenters. The fourth-order valence-corrected chi connectivity index (χ4v) is 8.71. The molecule has 0 amide bonds. The van der Waals surface area contributed by atoms with Crippen LogP contribution in [0.1, 0.15) is 102 Å². The standard InChI is InChI=1S/C39H69NO14/c1-15-27-39(11,47)32(43)21(4)29(42)19(2)17-37(9,46)34(54-36-31(51-25(8)41)26(40(12)13)16-20(3)49-36)22(5)30(23(6)35(45)52-27)53-28-18-38(10,48-14)33(44)24(7)50-28/h19-24,26-28,30-34,36,43-44,46-47H,15-18H2,1-14H3/t19-,20-,21+,22+,23-,24+,26+,27-,28+,30+,31-,32-,33+,34-,36?,37-,38-,39-/m1/s1. The van der Waals surface area contributed by atoms with E-state index in [2.05, 4.69) is 0 Å². The molecule has 0 aliphatic carbocycles. The van der Waals surface area contributed by atoms with Crippen LogP contribution in [0.4, 0.5) is 0 Å². The fourth-order valence-electron chi connectivity index (χ4n) is 8.71. The minimum absolute atomic E-state index is 0.0755. The molecule has 15 nitrogen and oxygen atoms in total. The molecule has 4 N–H and O–H groups in total. The van der Waals surface area contributed by atoms with E-state index in [1.807, 2.05) is 25.9 Å². The summed E-state index contributed by atoms with van der Waals surface area (Å²) in [7, 11) is 5.19. The summed E-state index contributed by atoms with van der Waals surface area (Å²) in [6, 6.07) is -0.320. The first-order valence-corrected chi connectivity index (χ1v) is 19.4. The summed E-state index contributed by atoms with van der Waals surface area (Å²) in [5.74, 6) is -5.68. The van der Waals surface area contributed by atoms with E-state index in [4.69, 9.17) is 33.2 Å². The normalized spacial score (nSPS) is 47.5. The highest BCUT2D eigenvalue weighted by Gasteiger charge is 2.54. The van der Waals surface area contributed by atoms with Gasteiger partial charge in [0.15, 0.2) is 18.7 Å². The number of methoxy groups -OCH3 is 1. The van der Waals surface area contributed by atoms with Crippen LogP contribution < -0.4 is 0 Å². The van der Waals surface area contributed by atoms with Crippen LogP contribution in [0.15, 0.2) is 0 Å². The second kappa shape index (κ2) is 18.2. The van der Waals surface area contributed by atoms with Crippen LogP contribution in [0, 0.1) is 23.7 Å². The van der Waals surface area contributed by atoms with Crippen molar-refractivity contribution < 1.29 is 68.0 Å². The Hall–Kier alpha value is -1.79. The number of aliphatic hydroxyl groups excluding tert-OH is 2. The number of hydrogen-bond donors (Lipinski definition) is 4. The zero-order valence-electron chi connectivity index (χ0n) is 34.8. The molecule has 0 saturated carbocycles. The van der Waals surface area contributed by atoms with Crippen molar-refractivity contribution >= 4 is 17.7 Å². The molecule has 18 atom stereocenters. The Morgan fingerprint density at radius 1 is 0.907 bits per heavy atom. The fraction of sp³-hybridized carbons (Fsp3) is 0.923. The Balaban J connectivity index is 2.23. The van der Waals surface area contributed by atoms with Gasteiger partial charge < -0.3 is 58.5 Å². The van der Waals surface area contributed by atoms with E-state index in [0.29, 0.717) is 6.42 Å². The summed E-state index contributed by atoms with van der Waals surface area (Å²) < 4.78 is 43.3. The first-order valence-electron chi connectivity index (χ1n) is 19.4. The molecular weight excluding hydrogens is 706 g/mol. The number of aliphatic hydroxyl groups is 4. The van der Waals surface area contributed by atoms with E-state index in [1.165, 1.54) is 34.8 Å². The number of likely N-dealkylation sites (N-methyl/N-ethyl adjacent to an activating group) is 1. The highest BCUT2D eigenvalue weighted by Crippen LogP contribution is 2.41. The van der Waals surface area contributed by atoms with Crippen LogP contribution >= 0.6 is 0 Å². The molecule has 314 valence electrons. The smallest absolute Gasteiger partial charge is 0.311 e. The molecule has 3 aliphatic rings. The molecule has 0 aromatic heterocycles. The topological polar surface area (TPSA) is 200 Å². The van der Waals surface area contributed by atoms with Crippen molar-refractivity contribution in [2.45, 2.75) is 186 Å². The number of carbonyl (C=O) groups excluding carboxylic acids is 3. The number of cyclic esters (lactones) is 1. The summed E-state index contributed by atoms with van der Waals surface area (Å²) in [4.78, 5) is 42.4. The van der Waals surface area contributed by atoms with E-state index in [9.17, 15) is 34.8 Å². The average Bonchev–Trinajstić information content (AvgIpc) is 3.08. The molecule has 0 spiro atoms. The number of hydrogen-bond acceptors (Lipinski definition) is 15. The van der Waals surface area contributed by atoms with Crippen molar-refractivity contribution in [1.29, 1.82) is 0 Å². The van der Waals surface area contributed by atoms with Gasteiger partial charge in [0.25, 0.3) is 0 Å². The average molecular weight is 776 g/mol. The molecule has 3 heterocycles. The first kappa shape index (κ1) is 46.6. The predicted octanol–water partition coefficient (Wildman–Crippen LogP) is 2.36. The minimum atomic E-state index is -2.01. The zero-order chi connectivity index (χ0) is 41.2. The van der Waals surface area contributed by atoms with Crippen LogP contribution in [0.3, 0.4) is 0 Å². The summed E-state index contributed by atoms with van der Waals surface area (Å²) in [5, 5.41) is 46.5. The van der Waals surface area contributed by atoms with Gasteiger partial charge in [-0.15, -0.1) is 0 Å². The molecule has 3 fully saturated rings. The maximum atomic E-state index is 14.2. The number of nitrogens with zero attached hydrogens (tertiary/aromatic N) is 1. The molecule has 54 heavy (non-hydrogen) atoms.